The summed E-state index contributed by atoms with van der Waals surface area (Å²) in [6.07, 6.45) is 5.72. The van der Waals surface area contributed by atoms with Gasteiger partial charge in [-0.1, -0.05) is 0 Å². The molecule has 3 heterocycles. The smallest absolute Gasteiger partial charge is 0.288 e. The summed E-state index contributed by atoms with van der Waals surface area (Å²) in [4.78, 5) is 23.1. The standard InChI is InChI=1S/C20H29N7O/c1-12-13(2)23-18(20(28)21-3)24-19(12)27-8-7-16(11-27)22-9-15-10-26(4)25-17(15)14-5-6-14/h10,14,16,22H,5-9,11H2,1-4H3,(H,21,28)/t16-/m1/s1. The van der Waals surface area contributed by atoms with E-state index in [1.165, 1.54) is 24.1 Å². The van der Waals surface area contributed by atoms with E-state index in [1.54, 1.807) is 7.05 Å². The molecule has 1 aliphatic heterocycles. The Bertz CT molecular complexity index is 887. The third kappa shape index (κ3) is 3.73. The van der Waals surface area contributed by atoms with Crippen LogP contribution in [0, 0.1) is 13.8 Å². The number of amides is 1. The molecule has 1 saturated carbocycles. The number of aryl methyl sites for hydroxylation is 2. The van der Waals surface area contributed by atoms with Crippen LogP contribution in [0.25, 0.3) is 0 Å². The van der Waals surface area contributed by atoms with E-state index in [0.29, 0.717) is 12.0 Å². The minimum Gasteiger partial charge on any atom is -0.355 e. The highest BCUT2D eigenvalue weighted by molar-refractivity contribution is 5.90. The van der Waals surface area contributed by atoms with E-state index in [4.69, 9.17) is 0 Å². The normalized spacial score (nSPS) is 19.3. The van der Waals surface area contributed by atoms with Crippen molar-refractivity contribution >= 4 is 11.7 Å². The van der Waals surface area contributed by atoms with Gasteiger partial charge in [0.25, 0.3) is 5.91 Å². The van der Waals surface area contributed by atoms with E-state index in [1.807, 2.05) is 25.6 Å². The van der Waals surface area contributed by atoms with Gasteiger partial charge in [0, 0.05) is 68.7 Å². The number of carbonyl (C=O) groups is 1. The lowest BCUT2D eigenvalue weighted by Crippen LogP contribution is -2.33. The maximum atomic E-state index is 12.0. The zero-order valence-corrected chi connectivity index (χ0v) is 17.1. The molecule has 0 aromatic carbocycles. The molecular formula is C20H29N7O. The highest BCUT2D eigenvalue weighted by Gasteiger charge is 2.30. The number of nitrogens with zero attached hydrogens (tertiary/aromatic N) is 5. The van der Waals surface area contributed by atoms with Crippen molar-refractivity contribution in [2.24, 2.45) is 7.05 Å². The first-order valence-corrected chi connectivity index (χ1v) is 10.0. The summed E-state index contributed by atoms with van der Waals surface area (Å²) in [5.74, 6) is 1.52. The molecule has 4 rings (SSSR count). The van der Waals surface area contributed by atoms with Gasteiger partial charge in [-0.2, -0.15) is 5.10 Å². The van der Waals surface area contributed by atoms with Crippen molar-refractivity contribution in [2.75, 3.05) is 25.0 Å². The molecule has 0 radical (unpaired) electrons. The third-order valence-corrected chi connectivity index (χ3v) is 5.76. The van der Waals surface area contributed by atoms with Crippen LogP contribution in [-0.2, 0) is 13.6 Å². The third-order valence-electron chi connectivity index (χ3n) is 5.76. The van der Waals surface area contributed by atoms with Crippen molar-refractivity contribution in [3.63, 3.8) is 0 Å². The quantitative estimate of drug-likeness (QED) is 0.785. The molecule has 0 bridgehead atoms. The highest BCUT2D eigenvalue weighted by atomic mass is 16.2. The van der Waals surface area contributed by atoms with E-state index < -0.39 is 0 Å². The Morgan fingerprint density at radius 3 is 2.75 bits per heavy atom. The van der Waals surface area contributed by atoms with E-state index in [9.17, 15) is 4.79 Å². The first-order valence-electron chi connectivity index (χ1n) is 10.0. The van der Waals surface area contributed by atoms with Gasteiger partial charge in [-0.05, 0) is 33.1 Å². The summed E-state index contributed by atoms with van der Waals surface area (Å²) in [7, 11) is 3.60. The van der Waals surface area contributed by atoms with Gasteiger partial charge in [-0.25, -0.2) is 9.97 Å². The number of anilines is 1. The maximum absolute atomic E-state index is 12.0. The molecular weight excluding hydrogens is 354 g/mol. The first-order chi connectivity index (χ1) is 13.5. The minimum absolute atomic E-state index is 0.237. The number of hydrogen-bond acceptors (Lipinski definition) is 6. The Kier molecular flexibility index (Phi) is 5.05. The molecule has 8 nitrogen and oxygen atoms in total. The fourth-order valence-electron chi connectivity index (χ4n) is 3.90. The Labute approximate surface area is 165 Å². The van der Waals surface area contributed by atoms with Gasteiger partial charge in [0.05, 0.1) is 5.69 Å². The summed E-state index contributed by atoms with van der Waals surface area (Å²) in [6.45, 7) is 6.61. The highest BCUT2D eigenvalue weighted by Crippen LogP contribution is 2.40. The van der Waals surface area contributed by atoms with Gasteiger partial charge in [0.2, 0.25) is 5.82 Å². The molecule has 2 aliphatic rings. The van der Waals surface area contributed by atoms with E-state index in [2.05, 4.69) is 36.8 Å². The minimum atomic E-state index is -0.248. The predicted octanol–water partition coefficient (Wildman–Crippen LogP) is 1.43. The van der Waals surface area contributed by atoms with Crippen molar-refractivity contribution in [1.82, 2.24) is 30.4 Å². The largest absolute Gasteiger partial charge is 0.355 e. The van der Waals surface area contributed by atoms with Gasteiger partial charge in [-0.3, -0.25) is 9.48 Å². The lowest BCUT2D eigenvalue weighted by atomic mass is 10.1. The number of aromatic nitrogens is 4. The molecule has 2 fully saturated rings. The first kappa shape index (κ1) is 18.9. The summed E-state index contributed by atoms with van der Waals surface area (Å²) in [5, 5.41) is 11.0. The molecule has 2 aromatic heterocycles. The van der Waals surface area contributed by atoms with Gasteiger partial charge in [-0.15, -0.1) is 0 Å². The molecule has 1 amide bonds. The molecule has 1 aliphatic carbocycles. The lowest BCUT2D eigenvalue weighted by Gasteiger charge is -2.21. The van der Waals surface area contributed by atoms with Crippen molar-refractivity contribution in [2.45, 2.75) is 51.6 Å². The monoisotopic (exact) mass is 383 g/mol. The van der Waals surface area contributed by atoms with Crippen LogP contribution in [0.15, 0.2) is 6.20 Å². The van der Waals surface area contributed by atoms with E-state index in [-0.39, 0.29) is 11.7 Å². The van der Waals surface area contributed by atoms with E-state index >= 15 is 0 Å². The lowest BCUT2D eigenvalue weighted by molar-refractivity contribution is 0.0952. The molecule has 0 spiro atoms. The van der Waals surface area contributed by atoms with Crippen LogP contribution < -0.4 is 15.5 Å². The Morgan fingerprint density at radius 2 is 2.04 bits per heavy atom. The second-order valence-electron chi connectivity index (χ2n) is 7.96. The number of rotatable bonds is 6. The van der Waals surface area contributed by atoms with Crippen LogP contribution in [-0.4, -0.2) is 51.8 Å². The second kappa shape index (κ2) is 7.50. The van der Waals surface area contributed by atoms with Crippen LogP contribution in [0.1, 0.15) is 58.3 Å². The number of nitrogens with one attached hydrogen (secondary N) is 2. The summed E-state index contributed by atoms with van der Waals surface area (Å²) in [6, 6.07) is 0.394. The van der Waals surface area contributed by atoms with Crippen LogP contribution in [0.4, 0.5) is 5.82 Å². The summed E-state index contributed by atoms with van der Waals surface area (Å²) in [5.41, 5.74) is 4.47. The average molecular weight is 384 g/mol. The zero-order chi connectivity index (χ0) is 19.8. The fraction of sp³-hybridized carbons (Fsp3) is 0.600. The topological polar surface area (TPSA) is 88.0 Å². The van der Waals surface area contributed by atoms with Gasteiger partial charge >= 0.3 is 0 Å². The van der Waals surface area contributed by atoms with Crippen LogP contribution in [0.3, 0.4) is 0 Å². The van der Waals surface area contributed by atoms with Crippen LogP contribution in [0.2, 0.25) is 0 Å². The average Bonchev–Trinajstić information content (AvgIpc) is 3.30. The van der Waals surface area contributed by atoms with Crippen molar-refractivity contribution in [3.05, 3.63) is 34.5 Å². The van der Waals surface area contributed by atoms with Crippen LogP contribution >= 0.6 is 0 Å². The van der Waals surface area contributed by atoms with Crippen molar-refractivity contribution in [3.8, 4) is 0 Å². The summed E-state index contributed by atoms with van der Waals surface area (Å²) >= 11 is 0. The fourth-order valence-corrected chi connectivity index (χ4v) is 3.90. The molecule has 2 N–H and O–H groups in total. The molecule has 1 atom stereocenters. The van der Waals surface area contributed by atoms with Gasteiger partial charge in [0.1, 0.15) is 5.82 Å². The van der Waals surface area contributed by atoms with Crippen molar-refractivity contribution < 1.29 is 4.79 Å². The van der Waals surface area contributed by atoms with Gasteiger partial charge < -0.3 is 15.5 Å². The molecule has 8 heteroatoms. The number of carbonyl (C=O) groups excluding carboxylic acids is 1. The van der Waals surface area contributed by atoms with Crippen molar-refractivity contribution in [1.29, 1.82) is 0 Å². The number of hydrogen-bond donors (Lipinski definition) is 2. The Balaban J connectivity index is 1.43. The predicted molar refractivity (Wildman–Crippen MR) is 108 cm³/mol. The zero-order valence-electron chi connectivity index (χ0n) is 17.1. The van der Waals surface area contributed by atoms with Crippen LogP contribution in [0.5, 0.6) is 0 Å². The molecule has 1 saturated heterocycles. The SMILES string of the molecule is CNC(=O)c1nc(C)c(C)c(N2CC[C@@H](NCc3cn(C)nc3C3CC3)C2)n1. The van der Waals surface area contributed by atoms with Gasteiger partial charge in [0.15, 0.2) is 0 Å². The second-order valence-corrected chi connectivity index (χ2v) is 7.96. The Morgan fingerprint density at radius 1 is 1.25 bits per heavy atom. The molecule has 0 unspecified atom stereocenters. The molecule has 2 aromatic rings. The maximum Gasteiger partial charge on any atom is 0.288 e. The molecule has 150 valence electrons. The van der Waals surface area contributed by atoms with E-state index in [0.717, 1.165) is 43.1 Å². The summed E-state index contributed by atoms with van der Waals surface area (Å²) < 4.78 is 1.93. The molecule has 28 heavy (non-hydrogen) atoms. The Hall–Kier alpha value is -2.48.